The smallest absolute Gasteiger partial charge is 0.401 e. The maximum Gasteiger partial charge on any atom is 0.401 e. The molecule has 0 aromatic heterocycles. The number of esters is 1. The van der Waals surface area contributed by atoms with Gasteiger partial charge in [0.05, 0.1) is 13.7 Å². The van der Waals surface area contributed by atoms with Gasteiger partial charge in [-0.2, -0.15) is 13.2 Å². The van der Waals surface area contributed by atoms with E-state index >= 15 is 0 Å². The van der Waals surface area contributed by atoms with Gasteiger partial charge in [-0.3, -0.25) is 10.1 Å². The van der Waals surface area contributed by atoms with Crippen LogP contribution in [0.15, 0.2) is 0 Å². The van der Waals surface area contributed by atoms with Crippen LogP contribution in [0.3, 0.4) is 0 Å². The third-order valence-electron chi connectivity index (χ3n) is 3.45. The number of hydrogen-bond donors (Lipinski definition) is 1. The average molecular weight is 253 g/mol. The molecule has 100 valence electrons. The predicted molar refractivity (Wildman–Crippen MR) is 56.4 cm³/mol. The summed E-state index contributed by atoms with van der Waals surface area (Å²) in [6.45, 7) is 0.631. The number of hydrogen-bond acceptors (Lipinski definition) is 3. The largest absolute Gasteiger partial charge is 0.468 e. The molecule has 6 heteroatoms. The maximum absolute atomic E-state index is 12.3. The van der Waals surface area contributed by atoms with E-state index in [2.05, 4.69) is 10.1 Å². The summed E-state index contributed by atoms with van der Waals surface area (Å²) < 4.78 is 41.4. The van der Waals surface area contributed by atoms with Crippen molar-refractivity contribution >= 4 is 5.97 Å². The van der Waals surface area contributed by atoms with Crippen molar-refractivity contribution in [3.63, 3.8) is 0 Å². The highest BCUT2D eigenvalue weighted by Gasteiger charge is 2.47. The molecular weight excluding hydrogens is 235 g/mol. The predicted octanol–water partition coefficient (Wildman–Crippen LogP) is 2.26. The third-order valence-corrected chi connectivity index (χ3v) is 3.45. The Hall–Kier alpha value is -0.780. The van der Waals surface area contributed by atoms with Gasteiger partial charge in [-0.1, -0.05) is 19.8 Å². The van der Waals surface area contributed by atoms with Crippen LogP contribution in [0.25, 0.3) is 0 Å². The lowest BCUT2D eigenvalue weighted by molar-refractivity contribution is -0.158. The van der Waals surface area contributed by atoms with Crippen LogP contribution in [-0.2, 0) is 9.53 Å². The van der Waals surface area contributed by atoms with Crippen LogP contribution in [0, 0.1) is 5.92 Å². The number of ether oxygens (including phenoxy) is 1. The lowest BCUT2D eigenvalue weighted by Gasteiger charge is -2.41. The highest BCUT2D eigenvalue weighted by Crippen LogP contribution is 2.35. The molecule has 1 aliphatic carbocycles. The molecule has 1 fully saturated rings. The molecule has 0 radical (unpaired) electrons. The first kappa shape index (κ1) is 14.3. The van der Waals surface area contributed by atoms with E-state index in [1.165, 1.54) is 7.11 Å². The van der Waals surface area contributed by atoms with Crippen molar-refractivity contribution in [1.82, 2.24) is 5.32 Å². The zero-order valence-electron chi connectivity index (χ0n) is 10.1. The molecule has 2 atom stereocenters. The molecule has 0 bridgehead atoms. The Kier molecular flexibility index (Phi) is 4.41. The van der Waals surface area contributed by atoms with Crippen molar-refractivity contribution in [3.05, 3.63) is 0 Å². The fourth-order valence-electron chi connectivity index (χ4n) is 2.43. The van der Waals surface area contributed by atoms with E-state index < -0.39 is 24.2 Å². The van der Waals surface area contributed by atoms with Crippen molar-refractivity contribution in [1.29, 1.82) is 0 Å². The summed E-state index contributed by atoms with van der Waals surface area (Å²) in [6.07, 6.45) is -1.51. The summed E-state index contributed by atoms with van der Waals surface area (Å²) in [7, 11) is 1.21. The summed E-state index contributed by atoms with van der Waals surface area (Å²) in [5.41, 5.74) is -1.18. The molecule has 2 unspecified atom stereocenters. The van der Waals surface area contributed by atoms with Crippen molar-refractivity contribution in [3.8, 4) is 0 Å². The van der Waals surface area contributed by atoms with Crippen LogP contribution in [0.1, 0.15) is 32.6 Å². The van der Waals surface area contributed by atoms with E-state index in [-0.39, 0.29) is 5.92 Å². The number of carbonyl (C=O) groups excluding carboxylic acids is 1. The summed E-state index contributed by atoms with van der Waals surface area (Å²) in [6, 6.07) is 0. The molecule has 1 rings (SSSR count). The van der Waals surface area contributed by atoms with E-state index in [4.69, 9.17) is 0 Å². The number of rotatable bonds is 3. The zero-order valence-corrected chi connectivity index (χ0v) is 10.1. The Bertz CT molecular complexity index is 280. The summed E-state index contributed by atoms with van der Waals surface area (Å²) in [4.78, 5) is 11.8. The van der Waals surface area contributed by atoms with Crippen LogP contribution >= 0.6 is 0 Å². The topological polar surface area (TPSA) is 38.3 Å². The molecular formula is C11H18F3NO2. The van der Waals surface area contributed by atoms with E-state index in [0.717, 1.165) is 19.3 Å². The number of carbonyl (C=O) groups is 1. The molecule has 0 spiro atoms. The zero-order chi connectivity index (χ0) is 13.1. The molecule has 0 aromatic carbocycles. The van der Waals surface area contributed by atoms with E-state index in [0.29, 0.717) is 6.42 Å². The Balaban J connectivity index is 2.82. The van der Waals surface area contributed by atoms with Gasteiger partial charge in [-0.05, 0) is 18.8 Å². The quantitative estimate of drug-likeness (QED) is 0.784. The van der Waals surface area contributed by atoms with Gasteiger partial charge >= 0.3 is 12.1 Å². The fourth-order valence-corrected chi connectivity index (χ4v) is 2.43. The SMILES string of the molecule is COC(=O)C1(NCC(F)(F)F)CCCCC1C. The molecule has 1 aliphatic rings. The maximum atomic E-state index is 12.3. The second kappa shape index (κ2) is 5.25. The minimum atomic E-state index is -4.32. The number of halogens is 3. The molecule has 17 heavy (non-hydrogen) atoms. The molecule has 3 nitrogen and oxygen atoms in total. The Labute approximate surface area is 98.7 Å². The minimum Gasteiger partial charge on any atom is -0.468 e. The number of nitrogens with one attached hydrogen (secondary N) is 1. The molecule has 1 N–H and O–H groups in total. The van der Waals surface area contributed by atoms with E-state index in [1.807, 2.05) is 0 Å². The molecule has 0 aliphatic heterocycles. The third kappa shape index (κ3) is 3.34. The van der Waals surface area contributed by atoms with Crippen molar-refractivity contribution in [2.24, 2.45) is 5.92 Å². The van der Waals surface area contributed by atoms with Gasteiger partial charge in [0.15, 0.2) is 0 Å². The van der Waals surface area contributed by atoms with Crippen LogP contribution < -0.4 is 5.32 Å². The first-order chi connectivity index (χ1) is 7.82. The highest BCUT2D eigenvalue weighted by atomic mass is 19.4. The van der Waals surface area contributed by atoms with Crippen LogP contribution in [0.5, 0.6) is 0 Å². The lowest BCUT2D eigenvalue weighted by atomic mass is 9.73. The van der Waals surface area contributed by atoms with Gasteiger partial charge in [0, 0.05) is 0 Å². The highest BCUT2D eigenvalue weighted by molar-refractivity contribution is 5.81. The second-order valence-electron chi connectivity index (χ2n) is 4.58. The van der Waals surface area contributed by atoms with E-state index in [9.17, 15) is 18.0 Å². The van der Waals surface area contributed by atoms with Crippen LogP contribution in [-0.4, -0.2) is 31.3 Å². The van der Waals surface area contributed by atoms with Crippen molar-refractivity contribution in [2.45, 2.75) is 44.3 Å². The second-order valence-corrected chi connectivity index (χ2v) is 4.58. The fraction of sp³-hybridized carbons (Fsp3) is 0.909. The van der Waals surface area contributed by atoms with Gasteiger partial charge in [0.1, 0.15) is 5.54 Å². The van der Waals surface area contributed by atoms with Gasteiger partial charge < -0.3 is 4.74 Å². The van der Waals surface area contributed by atoms with Gasteiger partial charge in [0.25, 0.3) is 0 Å². The molecule has 0 saturated heterocycles. The van der Waals surface area contributed by atoms with Crippen LogP contribution in [0.4, 0.5) is 13.2 Å². The standard InChI is InChI=1S/C11H18F3NO2/c1-8-5-3-4-6-10(8,9(16)17-2)15-7-11(12,13)14/h8,15H,3-7H2,1-2H3. The number of methoxy groups -OCH3 is 1. The molecule has 0 amide bonds. The average Bonchev–Trinajstić information content (AvgIpc) is 2.26. The minimum absolute atomic E-state index is 0.147. The monoisotopic (exact) mass is 253 g/mol. The normalized spacial score (nSPS) is 30.1. The summed E-state index contributed by atoms with van der Waals surface area (Å²) in [5.74, 6) is -0.736. The first-order valence-electron chi connectivity index (χ1n) is 5.72. The van der Waals surface area contributed by atoms with Gasteiger partial charge in [-0.25, -0.2) is 0 Å². The lowest BCUT2D eigenvalue weighted by Crippen LogP contribution is -2.60. The van der Waals surface area contributed by atoms with Crippen molar-refractivity contribution in [2.75, 3.05) is 13.7 Å². The van der Waals surface area contributed by atoms with E-state index in [1.54, 1.807) is 6.92 Å². The Morgan fingerprint density at radius 2 is 2.12 bits per heavy atom. The summed E-state index contributed by atoms with van der Waals surface area (Å²) in [5, 5.41) is 2.38. The Morgan fingerprint density at radius 3 is 2.59 bits per heavy atom. The Morgan fingerprint density at radius 1 is 1.47 bits per heavy atom. The van der Waals surface area contributed by atoms with Crippen LogP contribution in [0.2, 0.25) is 0 Å². The van der Waals surface area contributed by atoms with Gasteiger partial charge in [0.2, 0.25) is 0 Å². The molecule has 1 saturated carbocycles. The molecule has 0 aromatic rings. The summed E-state index contributed by atoms with van der Waals surface area (Å²) >= 11 is 0. The first-order valence-corrected chi connectivity index (χ1v) is 5.72. The van der Waals surface area contributed by atoms with Gasteiger partial charge in [-0.15, -0.1) is 0 Å². The molecule has 0 heterocycles. The van der Waals surface area contributed by atoms with Crippen molar-refractivity contribution < 1.29 is 22.7 Å². The number of alkyl halides is 3.